The van der Waals surface area contributed by atoms with Crippen molar-refractivity contribution in [1.29, 1.82) is 0 Å². The van der Waals surface area contributed by atoms with Gasteiger partial charge in [0, 0.05) is 17.8 Å². The zero-order chi connectivity index (χ0) is 12.9. The number of hydrogen-bond acceptors (Lipinski definition) is 3. The molecule has 0 spiro atoms. The lowest BCUT2D eigenvalue weighted by Crippen LogP contribution is -2.33. The van der Waals surface area contributed by atoms with Gasteiger partial charge in [0.1, 0.15) is 0 Å². The zero-order valence-electron chi connectivity index (χ0n) is 10.9. The minimum atomic E-state index is -0.108. The predicted molar refractivity (Wildman–Crippen MR) is 73.2 cm³/mol. The SMILES string of the molecule is Cc1ccsc1CCNC(=O)CC(C)(C)CN. The number of aryl methyl sites for hydroxylation is 1. The molecule has 0 aliphatic heterocycles. The van der Waals surface area contributed by atoms with Gasteiger partial charge in [-0.3, -0.25) is 4.79 Å². The monoisotopic (exact) mass is 254 g/mol. The van der Waals surface area contributed by atoms with Gasteiger partial charge < -0.3 is 11.1 Å². The number of nitrogens with one attached hydrogen (secondary N) is 1. The van der Waals surface area contributed by atoms with Crippen LogP contribution < -0.4 is 11.1 Å². The van der Waals surface area contributed by atoms with Crippen LogP contribution in [0.5, 0.6) is 0 Å². The summed E-state index contributed by atoms with van der Waals surface area (Å²) in [5.74, 6) is 0.0923. The molecule has 96 valence electrons. The highest BCUT2D eigenvalue weighted by atomic mass is 32.1. The van der Waals surface area contributed by atoms with Crippen LogP contribution in [0.25, 0.3) is 0 Å². The van der Waals surface area contributed by atoms with Crippen molar-refractivity contribution in [2.45, 2.75) is 33.6 Å². The molecule has 0 atom stereocenters. The summed E-state index contributed by atoms with van der Waals surface area (Å²) in [4.78, 5) is 13.0. The van der Waals surface area contributed by atoms with Crippen molar-refractivity contribution in [2.24, 2.45) is 11.1 Å². The molecule has 1 amide bonds. The molecule has 1 heterocycles. The summed E-state index contributed by atoms with van der Waals surface area (Å²) >= 11 is 1.75. The third-order valence-electron chi connectivity index (χ3n) is 2.83. The van der Waals surface area contributed by atoms with Crippen LogP contribution in [-0.2, 0) is 11.2 Å². The van der Waals surface area contributed by atoms with E-state index < -0.39 is 0 Å². The molecule has 0 aliphatic carbocycles. The Bertz CT molecular complexity index is 371. The maximum atomic E-state index is 11.7. The van der Waals surface area contributed by atoms with Crippen LogP contribution in [0.15, 0.2) is 11.4 Å². The van der Waals surface area contributed by atoms with Gasteiger partial charge in [-0.1, -0.05) is 13.8 Å². The minimum absolute atomic E-state index is 0.0923. The van der Waals surface area contributed by atoms with Gasteiger partial charge in [-0.15, -0.1) is 11.3 Å². The molecular weight excluding hydrogens is 232 g/mol. The molecule has 0 saturated carbocycles. The Balaban J connectivity index is 2.28. The molecule has 0 radical (unpaired) electrons. The average molecular weight is 254 g/mol. The Hall–Kier alpha value is -0.870. The minimum Gasteiger partial charge on any atom is -0.356 e. The Kier molecular flexibility index (Phi) is 5.15. The number of carbonyl (C=O) groups excluding carboxylic acids is 1. The van der Waals surface area contributed by atoms with Crippen molar-refractivity contribution in [3.63, 3.8) is 0 Å². The van der Waals surface area contributed by atoms with Crippen molar-refractivity contribution in [3.8, 4) is 0 Å². The van der Waals surface area contributed by atoms with E-state index in [2.05, 4.69) is 23.7 Å². The Morgan fingerprint density at radius 2 is 2.24 bits per heavy atom. The standard InChI is InChI=1S/C13H22N2OS/c1-10-5-7-17-11(10)4-6-15-12(16)8-13(2,3)9-14/h5,7H,4,6,8-9,14H2,1-3H3,(H,15,16). The highest BCUT2D eigenvalue weighted by Gasteiger charge is 2.19. The summed E-state index contributed by atoms with van der Waals surface area (Å²) in [6.07, 6.45) is 1.41. The number of hydrogen-bond donors (Lipinski definition) is 2. The van der Waals surface area contributed by atoms with Crippen LogP contribution in [-0.4, -0.2) is 19.0 Å². The molecule has 1 aromatic heterocycles. The summed E-state index contributed by atoms with van der Waals surface area (Å²) < 4.78 is 0. The zero-order valence-corrected chi connectivity index (χ0v) is 11.7. The highest BCUT2D eigenvalue weighted by Crippen LogP contribution is 2.18. The number of carbonyl (C=O) groups is 1. The normalized spacial score (nSPS) is 11.5. The third-order valence-corrected chi connectivity index (χ3v) is 3.92. The van der Waals surface area contributed by atoms with Crippen molar-refractivity contribution < 1.29 is 4.79 Å². The first-order valence-corrected chi connectivity index (χ1v) is 6.82. The molecule has 1 rings (SSSR count). The van der Waals surface area contributed by atoms with E-state index in [4.69, 9.17) is 5.73 Å². The second-order valence-electron chi connectivity index (χ2n) is 5.17. The number of amides is 1. The van der Waals surface area contributed by atoms with Crippen LogP contribution in [0, 0.1) is 12.3 Å². The molecule has 1 aromatic rings. The first kappa shape index (κ1) is 14.2. The molecule has 3 N–H and O–H groups in total. The largest absolute Gasteiger partial charge is 0.356 e. The van der Waals surface area contributed by atoms with Crippen molar-refractivity contribution in [2.75, 3.05) is 13.1 Å². The summed E-state index contributed by atoms with van der Waals surface area (Å²) in [5.41, 5.74) is 6.81. The molecule has 3 nitrogen and oxygen atoms in total. The van der Waals surface area contributed by atoms with E-state index in [1.807, 2.05) is 13.8 Å². The summed E-state index contributed by atoms with van der Waals surface area (Å²) in [6.45, 7) is 7.36. The predicted octanol–water partition coefficient (Wildman–Crippen LogP) is 2.09. The van der Waals surface area contributed by atoms with E-state index in [9.17, 15) is 4.79 Å². The van der Waals surface area contributed by atoms with Gasteiger partial charge in [0.2, 0.25) is 5.91 Å². The quantitative estimate of drug-likeness (QED) is 0.816. The topological polar surface area (TPSA) is 55.1 Å². The lowest BCUT2D eigenvalue weighted by Gasteiger charge is -2.21. The molecule has 0 aliphatic rings. The van der Waals surface area contributed by atoms with Crippen LogP contribution in [0.2, 0.25) is 0 Å². The van der Waals surface area contributed by atoms with Crippen LogP contribution in [0.3, 0.4) is 0 Å². The number of rotatable bonds is 6. The Morgan fingerprint density at radius 1 is 1.53 bits per heavy atom. The number of nitrogens with two attached hydrogens (primary N) is 1. The molecule has 0 bridgehead atoms. The molecule has 4 heteroatoms. The smallest absolute Gasteiger partial charge is 0.220 e. The fourth-order valence-electron chi connectivity index (χ4n) is 1.54. The van der Waals surface area contributed by atoms with Crippen LogP contribution >= 0.6 is 11.3 Å². The second-order valence-corrected chi connectivity index (χ2v) is 6.17. The first-order valence-electron chi connectivity index (χ1n) is 5.94. The van der Waals surface area contributed by atoms with E-state index in [-0.39, 0.29) is 11.3 Å². The maximum Gasteiger partial charge on any atom is 0.220 e. The van der Waals surface area contributed by atoms with Gasteiger partial charge in [-0.05, 0) is 42.3 Å². The maximum absolute atomic E-state index is 11.7. The summed E-state index contributed by atoms with van der Waals surface area (Å²) in [7, 11) is 0. The van der Waals surface area contributed by atoms with Gasteiger partial charge in [-0.2, -0.15) is 0 Å². The molecular formula is C13H22N2OS. The highest BCUT2D eigenvalue weighted by molar-refractivity contribution is 7.10. The van der Waals surface area contributed by atoms with Gasteiger partial charge in [0.15, 0.2) is 0 Å². The fourth-order valence-corrected chi connectivity index (χ4v) is 2.46. The Labute approximate surface area is 107 Å². The Morgan fingerprint density at radius 3 is 2.76 bits per heavy atom. The van der Waals surface area contributed by atoms with Crippen molar-refractivity contribution in [3.05, 3.63) is 21.9 Å². The van der Waals surface area contributed by atoms with Crippen LogP contribution in [0.1, 0.15) is 30.7 Å². The lowest BCUT2D eigenvalue weighted by atomic mass is 9.89. The molecule has 0 unspecified atom stereocenters. The lowest BCUT2D eigenvalue weighted by molar-refractivity contribution is -0.122. The average Bonchev–Trinajstić information content (AvgIpc) is 2.64. The third kappa shape index (κ3) is 4.88. The van der Waals surface area contributed by atoms with E-state index in [1.54, 1.807) is 11.3 Å². The fraction of sp³-hybridized carbons (Fsp3) is 0.615. The summed E-state index contributed by atoms with van der Waals surface area (Å²) in [6, 6.07) is 2.11. The molecule has 0 fully saturated rings. The molecule has 0 aromatic carbocycles. The number of thiophene rings is 1. The van der Waals surface area contributed by atoms with E-state index in [0.29, 0.717) is 19.5 Å². The van der Waals surface area contributed by atoms with Crippen molar-refractivity contribution >= 4 is 17.2 Å². The second kappa shape index (κ2) is 6.17. The summed E-state index contributed by atoms with van der Waals surface area (Å²) in [5, 5.41) is 5.04. The van der Waals surface area contributed by atoms with Gasteiger partial charge >= 0.3 is 0 Å². The van der Waals surface area contributed by atoms with Gasteiger partial charge in [0.05, 0.1) is 0 Å². The van der Waals surface area contributed by atoms with Gasteiger partial charge in [-0.25, -0.2) is 0 Å². The first-order chi connectivity index (χ1) is 7.94. The molecule has 0 saturated heterocycles. The van der Waals surface area contributed by atoms with Gasteiger partial charge in [0.25, 0.3) is 0 Å². The molecule has 17 heavy (non-hydrogen) atoms. The van der Waals surface area contributed by atoms with E-state index in [1.165, 1.54) is 10.4 Å². The van der Waals surface area contributed by atoms with E-state index >= 15 is 0 Å². The van der Waals surface area contributed by atoms with Crippen molar-refractivity contribution in [1.82, 2.24) is 5.32 Å². The van der Waals surface area contributed by atoms with Crippen LogP contribution in [0.4, 0.5) is 0 Å². The van der Waals surface area contributed by atoms with E-state index in [0.717, 1.165) is 6.42 Å².